The van der Waals surface area contributed by atoms with E-state index in [0.717, 1.165) is 0 Å². The lowest BCUT2D eigenvalue weighted by atomic mass is 10.1. The van der Waals surface area contributed by atoms with Gasteiger partial charge in [-0.1, -0.05) is 0 Å². The molecule has 5 heteroatoms. The standard InChI is InChI=1S/C11H21N3O2/c1-11(2,3)13-10(15)14(7-5-6-12)8-9-16-4/h5,7-9H2,1-4H3,(H,13,15). The molecule has 0 saturated heterocycles. The Balaban J connectivity index is 4.26. The van der Waals surface area contributed by atoms with Crippen molar-refractivity contribution in [2.24, 2.45) is 0 Å². The number of amides is 2. The number of nitrogens with zero attached hydrogens (tertiary/aromatic N) is 2. The van der Waals surface area contributed by atoms with Gasteiger partial charge in [0.15, 0.2) is 0 Å². The molecule has 0 fully saturated rings. The highest BCUT2D eigenvalue weighted by atomic mass is 16.5. The highest BCUT2D eigenvalue weighted by Crippen LogP contribution is 2.01. The Bertz CT molecular complexity index is 253. The summed E-state index contributed by atoms with van der Waals surface area (Å²) in [7, 11) is 1.59. The van der Waals surface area contributed by atoms with Gasteiger partial charge in [-0.3, -0.25) is 0 Å². The largest absolute Gasteiger partial charge is 0.383 e. The maximum absolute atomic E-state index is 11.8. The first kappa shape index (κ1) is 14.7. The second kappa shape index (κ2) is 7.07. The summed E-state index contributed by atoms with van der Waals surface area (Å²) in [6.07, 6.45) is 0.335. The normalized spacial score (nSPS) is 10.7. The maximum Gasteiger partial charge on any atom is 0.317 e. The number of nitriles is 1. The van der Waals surface area contributed by atoms with E-state index >= 15 is 0 Å². The lowest BCUT2D eigenvalue weighted by Gasteiger charge is -2.27. The minimum absolute atomic E-state index is 0.153. The van der Waals surface area contributed by atoms with E-state index in [4.69, 9.17) is 10.00 Å². The number of carbonyl (C=O) groups is 1. The lowest BCUT2D eigenvalue weighted by molar-refractivity contribution is 0.146. The van der Waals surface area contributed by atoms with Crippen LogP contribution < -0.4 is 5.32 Å². The van der Waals surface area contributed by atoms with E-state index in [2.05, 4.69) is 5.32 Å². The molecule has 5 nitrogen and oxygen atoms in total. The Kier molecular flexibility index (Phi) is 6.50. The molecule has 0 aliphatic heterocycles. The number of carbonyl (C=O) groups excluding carboxylic acids is 1. The van der Waals surface area contributed by atoms with Crippen molar-refractivity contribution in [3.63, 3.8) is 0 Å². The SMILES string of the molecule is COCCN(CCC#N)C(=O)NC(C)(C)C. The molecule has 0 aromatic carbocycles. The van der Waals surface area contributed by atoms with Crippen molar-refractivity contribution >= 4 is 6.03 Å². The molecular formula is C11H21N3O2. The van der Waals surface area contributed by atoms with Crippen molar-refractivity contribution < 1.29 is 9.53 Å². The van der Waals surface area contributed by atoms with E-state index in [1.807, 2.05) is 26.8 Å². The quantitative estimate of drug-likeness (QED) is 0.771. The molecule has 0 aromatic rings. The molecule has 0 saturated carbocycles. The molecule has 0 bridgehead atoms. The second-order valence-electron chi connectivity index (χ2n) is 4.57. The van der Waals surface area contributed by atoms with Gasteiger partial charge in [0.2, 0.25) is 0 Å². The average molecular weight is 227 g/mol. The second-order valence-corrected chi connectivity index (χ2v) is 4.57. The number of ether oxygens (including phenoxy) is 1. The molecule has 0 atom stereocenters. The molecule has 0 aromatic heterocycles. The predicted molar refractivity (Wildman–Crippen MR) is 62.0 cm³/mol. The van der Waals surface area contributed by atoms with Gasteiger partial charge in [-0.25, -0.2) is 4.79 Å². The molecule has 1 N–H and O–H groups in total. The lowest BCUT2D eigenvalue weighted by Crippen LogP contribution is -2.49. The Morgan fingerprint density at radius 3 is 2.50 bits per heavy atom. The van der Waals surface area contributed by atoms with Crippen LogP contribution >= 0.6 is 0 Å². The van der Waals surface area contributed by atoms with Crippen LogP contribution in [0.3, 0.4) is 0 Å². The zero-order valence-corrected chi connectivity index (χ0v) is 10.5. The topological polar surface area (TPSA) is 65.4 Å². The number of urea groups is 1. The minimum atomic E-state index is -0.269. The van der Waals surface area contributed by atoms with Gasteiger partial charge in [-0.05, 0) is 20.8 Å². The number of hydrogen-bond acceptors (Lipinski definition) is 3. The third-order valence-corrected chi connectivity index (χ3v) is 1.83. The summed E-state index contributed by atoms with van der Waals surface area (Å²) >= 11 is 0. The molecule has 0 heterocycles. The van der Waals surface area contributed by atoms with Crippen molar-refractivity contribution in [3.8, 4) is 6.07 Å². The molecule has 16 heavy (non-hydrogen) atoms. The van der Waals surface area contributed by atoms with Gasteiger partial charge in [-0.2, -0.15) is 5.26 Å². The first-order chi connectivity index (χ1) is 7.40. The van der Waals surface area contributed by atoms with Crippen LogP contribution in [0, 0.1) is 11.3 Å². The van der Waals surface area contributed by atoms with Crippen LogP contribution in [0.5, 0.6) is 0 Å². The predicted octanol–water partition coefficient (Wildman–Crippen LogP) is 1.36. The fraction of sp³-hybridized carbons (Fsp3) is 0.818. The molecule has 2 amide bonds. The van der Waals surface area contributed by atoms with Crippen LogP contribution in [0.4, 0.5) is 4.79 Å². The zero-order valence-electron chi connectivity index (χ0n) is 10.5. The van der Waals surface area contributed by atoms with Gasteiger partial charge in [-0.15, -0.1) is 0 Å². The van der Waals surface area contributed by atoms with Gasteiger partial charge in [0, 0.05) is 25.7 Å². The third-order valence-electron chi connectivity index (χ3n) is 1.83. The van der Waals surface area contributed by atoms with Gasteiger partial charge < -0.3 is 15.0 Å². The van der Waals surface area contributed by atoms with Crippen molar-refractivity contribution in [1.82, 2.24) is 10.2 Å². The van der Waals surface area contributed by atoms with E-state index in [-0.39, 0.29) is 11.6 Å². The molecule has 0 aliphatic rings. The van der Waals surface area contributed by atoms with Gasteiger partial charge in [0.05, 0.1) is 19.1 Å². The highest BCUT2D eigenvalue weighted by Gasteiger charge is 2.18. The summed E-state index contributed by atoms with van der Waals surface area (Å²) in [5.41, 5.74) is -0.269. The van der Waals surface area contributed by atoms with Crippen LogP contribution in [0.25, 0.3) is 0 Å². The van der Waals surface area contributed by atoms with Gasteiger partial charge in [0.25, 0.3) is 0 Å². The zero-order chi connectivity index (χ0) is 12.6. The summed E-state index contributed by atoms with van der Waals surface area (Å²) in [4.78, 5) is 13.4. The van der Waals surface area contributed by atoms with Crippen LogP contribution in [-0.2, 0) is 4.74 Å². The summed E-state index contributed by atoms with van der Waals surface area (Å²) in [6.45, 7) is 7.17. The Morgan fingerprint density at radius 2 is 2.06 bits per heavy atom. The van der Waals surface area contributed by atoms with Crippen molar-refractivity contribution in [3.05, 3.63) is 0 Å². The Morgan fingerprint density at radius 1 is 1.44 bits per heavy atom. The Labute approximate surface area is 97.4 Å². The average Bonchev–Trinajstić information content (AvgIpc) is 2.15. The molecule has 0 unspecified atom stereocenters. The maximum atomic E-state index is 11.8. The first-order valence-electron chi connectivity index (χ1n) is 5.33. The fourth-order valence-electron chi connectivity index (χ4n) is 1.10. The van der Waals surface area contributed by atoms with Crippen molar-refractivity contribution in [2.75, 3.05) is 26.8 Å². The molecule has 0 spiro atoms. The summed E-state index contributed by atoms with van der Waals surface area (Å²) in [5.74, 6) is 0. The summed E-state index contributed by atoms with van der Waals surface area (Å²) in [5, 5.41) is 11.4. The fourth-order valence-corrected chi connectivity index (χ4v) is 1.10. The first-order valence-corrected chi connectivity index (χ1v) is 5.33. The monoisotopic (exact) mass is 227 g/mol. The Hall–Kier alpha value is -1.28. The van der Waals surface area contributed by atoms with Crippen LogP contribution in [0.2, 0.25) is 0 Å². The van der Waals surface area contributed by atoms with E-state index < -0.39 is 0 Å². The van der Waals surface area contributed by atoms with E-state index in [0.29, 0.717) is 26.1 Å². The number of rotatable bonds is 5. The molecule has 92 valence electrons. The highest BCUT2D eigenvalue weighted by molar-refractivity contribution is 5.74. The molecule has 0 radical (unpaired) electrons. The summed E-state index contributed by atoms with van der Waals surface area (Å²) in [6, 6.07) is 1.88. The van der Waals surface area contributed by atoms with E-state index in [1.165, 1.54) is 0 Å². The number of nitrogens with one attached hydrogen (secondary N) is 1. The number of methoxy groups -OCH3 is 1. The van der Waals surface area contributed by atoms with Crippen LogP contribution in [-0.4, -0.2) is 43.3 Å². The van der Waals surface area contributed by atoms with Gasteiger partial charge in [0.1, 0.15) is 0 Å². The minimum Gasteiger partial charge on any atom is -0.383 e. The number of hydrogen-bond donors (Lipinski definition) is 1. The molecule has 0 aliphatic carbocycles. The van der Waals surface area contributed by atoms with E-state index in [9.17, 15) is 4.79 Å². The van der Waals surface area contributed by atoms with Crippen molar-refractivity contribution in [1.29, 1.82) is 5.26 Å². The van der Waals surface area contributed by atoms with Crippen molar-refractivity contribution in [2.45, 2.75) is 32.7 Å². The van der Waals surface area contributed by atoms with E-state index in [1.54, 1.807) is 12.0 Å². The molecular weight excluding hydrogens is 206 g/mol. The third kappa shape index (κ3) is 7.07. The molecule has 0 rings (SSSR count). The van der Waals surface area contributed by atoms with Crippen LogP contribution in [0.1, 0.15) is 27.2 Å². The van der Waals surface area contributed by atoms with Gasteiger partial charge >= 0.3 is 6.03 Å². The smallest absolute Gasteiger partial charge is 0.317 e. The summed E-state index contributed by atoms with van der Waals surface area (Å²) < 4.78 is 4.93. The van der Waals surface area contributed by atoms with Crippen LogP contribution in [0.15, 0.2) is 0 Å².